The molecule has 0 unspecified atom stereocenters. The average molecular weight is 338 g/mol. The van der Waals surface area contributed by atoms with E-state index in [1.54, 1.807) is 0 Å². The van der Waals surface area contributed by atoms with Crippen LogP contribution in [0, 0.1) is 5.82 Å². The van der Waals surface area contributed by atoms with E-state index in [0.717, 1.165) is 6.07 Å². The van der Waals surface area contributed by atoms with E-state index in [4.69, 9.17) is 4.74 Å². The molecule has 23 heavy (non-hydrogen) atoms. The SMILES string of the molecule is COc1cc(NS(=O)(=O)c2ccccc2F)ccc1NC(C)=O. The quantitative estimate of drug-likeness (QED) is 0.877. The van der Waals surface area contributed by atoms with E-state index >= 15 is 0 Å². The van der Waals surface area contributed by atoms with E-state index in [1.165, 1.54) is 50.4 Å². The Labute approximate surface area is 133 Å². The highest BCUT2D eigenvalue weighted by molar-refractivity contribution is 7.92. The van der Waals surface area contributed by atoms with Gasteiger partial charge in [0.05, 0.1) is 18.5 Å². The molecular formula is C15H15FN2O4S. The monoisotopic (exact) mass is 338 g/mol. The second kappa shape index (κ2) is 6.66. The summed E-state index contributed by atoms with van der Waals surface area (Å²) >= 11 is 0. The molecule has 1 amide bonds. The van der Waals surface area contributed by atoms with Gasteiger partial charge in [0.15, 0.2) is 0 Å². The average Bonchev–Trinajstić information content (AvgIpc) is 2.48. The number of halogens is 1. The number of anilines is 2. The Balaban J connectivity index is 2.33. The first-order chi connectivity index (χ1) is 10.8. The Hall–Kier alpha value is -2.61. The second-order valence-electron chi connectivity index (χ2n) is 4.63. The van der Waals surface area contributed by atoms with E-state index in [1.807, 2.05) is 0 Å². The predicted molar refractivity (Wildman–Crippen MR) is 84.5 cm³/mol. The third kappa shape index (κ3) is 3.98. The van der Waals surface area contributed by atoms with Crippen molar-refractivity contribution in [2.24, 2.45) is 0 Å². The maximum Gasteiger partial charge on any atom is 0.264 e. The number of rotatable bonds is 5. The molecule has 0 aliphatic heterocycles. The first kappa shape index (κ1) is 16.8. The van der Waals surface area contributed by atoms with Gasteiger partial charge in [0.1, 0.15) is 16.5 Å². The summed E-state index contributed by atoms with van der Waals surface area (Å²) in [5.41, 5.74) is 0.577. The topological polar surface area (TPSA) is 84.5 Å². The molecule has 6 nitrogen and oxygen atoms in total. The van der Waals surface area contributed by atoms with Crippen LogP contribution in [0.15, 0.2) is 47.4 Å². The molecule has 2 aromatic carbocycles. The van der Waals surface area contributed by atoms with Crippen molar-refractivity contribution in [1.29, 1.82) is 0 Å². The number of benzene rings is 2. The number of sulfonamides is 1. The van der Waals surface area contributed by atoms with Crippen molar-refractivity contribution in [1.82, 2.24) is 0 Å². The van der Waals surface area contributed by atoms with E-state index in [-0.39, 0.29) is 17.3 Å². The van der Waals surface area contributed by atoms with Crippen molar-refractivity contribution >= 4 is 27.3 Å². The van der Waals surface area contributed by atoms with Crippen LogP contribution in [-0.4, -0.2) is 21.4 Å². The summed E-state index contributed by atoms with van der Waals surface area (Å²) in [6.45, 7) is 1.34. The number of nitrogens with one attached hydrogen (secondary N) is 2. The van der Waals surface area contributed by atoms with Crippen molar-refractivity contribution in [2.45, 2.75) is 11.8 Å². The van der Waals surface area contributed by atoms with Crippen LogP contribution in [0.3, 0.4) is 0 Å². The maximum absolute atomic E-state index is 13.6. The molecule has 0 atom stereocenters. The molecule has 0 radical (unpaired) electrons. The van der Waals surface area contributed by atoms with Gasteiger partial charge in [-0.3, -0.25) is 9.52 Å². The lowest BCUT2D eigenvalue weighted by atomic mass is 10.2. The third-order valence-corrected chi connectivity index (χ3v) is 4.31. The highest BCUT2D eigenvalue weighted by atomic mass is 32.2. The van der Waals surface area contributed by atoms with Crippen LogP contribution in [0.5, 0.6) is 5.75 Å². The van der Waals surface area contributed by atoms with Crippen LogP contribution in [0.25, 0.3) is 0 Å². The number of hydrogen-bond acceptors (Lipinski definition) is 4. The summed E-state index contributed by atoms with van der Waals surface area (Å²) < 4.78 is 45.5. The molecular weight excluding hydrogens is 323 g/mol. The van der Waals surface area contributed by atoms with Gasteiger partial charge in [0.2, 0.25) is 5.91 Å². The first-order valence-electron chi connectivity index (χ1n) is 6.56. The molecule has 0 aliphatic carbocycles. The summed E-state index contributed by atoms with van der Waals surface area (Å²) in [6, 6.07) is 9.38. The Morgan fingerprint density at radius 3 is 2.48 bits per heavy atom. The van der Waals surface area contributed by atoms with Gasteiger partial charge in [0.25, 0.3) is 10.0 Å². The van der Waals surface area contributed by atoms with Gasteiger partial charge < -0.3 is 10.1 Å². The minimum atomic E-state index is -4.07. The highest BCUT2D eigenvalue weighted by Gasteiger charge is 2.19. The molecule has 0 aromatic heterocycles. The Morgan fingerprint density at radius 1 is 1.17 bits per heavy atom. The normalized spacial score (nSPS) is 10.9. The molecule has 8 heteroatoms. The van der Waals surface area contributed by atoms with Crippen LogP contribution in [0.4, 0.5) is 15.8 Å². The number of amides is 1. The van der Waals surface area contributed by atoms with Crippen molar-refractivity contribution < 1.29 is 22.3 Å². The Bertz CT molecular complexity index is 837. The molecule has 2 N–H and O–H groups in total. The van der Waals surface area contributed by atoms with Gasteiger partial charge in [0, 0.05) is 13.0 Å². The minimum absolute atomic E-state index is 0.180. The van der Waals surface area contributed by atoms with Gasteiger partial charge >= 0.3 is 0 Å². The summed E-state index contributed by atoms with van der Waals surface area (Å²) in [6.07, 6.45) is 0. The van der Waals surface area contributed by atoms with E-state index in [9.17, 15) is 17.6 Å². The highest BCUT2D eigenvalue weighted by Crippen LogP contribution is 2.29. The third-order valence-electron chi connectivity index (χ3n) is 2.89. The molecule has 0 heterocycles. The van der Waals surface area contributed by atoms with Crippen LogP contribution in [0.1, 0.15) is 6.92 Å². The fourth-order valence-electron chi connectivity index (χ4n) is 1.92. The molecule has 0 saturated carbocycles. The Kier molecular flexibility index (Phi) is 4.85. The Morgan fingerprint density at radius 2 is 1.87 bits per heavy atom. The zero-order chi connectivity index (χ0) is 17.0. The molecule has 0 bridgehead atoms. The summed E-state index contributed by atoms with van der Waals surface area (Å²) in [4.78, 5) is 10.6. The number of methoxy groups -OCH3 is 1. The largest absolute Gasteiger partial charge is 0.494 e. The van der Waals surface area contributed by atoms with Crippen LogP contribution in [-0.2, 0) is 14.8 Å². The van der Waals surface area contributed by atoms with Crippen molar-refractivity contribution in [2.75, 3.05) is 17.1 Å². The molecule has 2 aromatic rings. The van der Waals surface area contributed by atoms with Gasteiger partial charge in [-0.2, -0.15) is 0 Å². The molecule has 2 rings (SSSR count). The van der Waals surface area contributed by atoms with E-state index in [0.29, 0.717) is 5.69 Å². The van der Waals surface area contributed by atoms with Crippen molar-refractivity contribution in [3.05, 3.63) is 48.3 Å². The smallest absolute Gasteiger partial charge is 0.264 e. The fourth-order valence-corrected chi connectivity index (χ4v) is 3.05. The molecule has 0 aliphatic rings. The predicted octanol–water partition coefficient (Wildman–Crippen LogP) is 2.59. The number of carbonyl (C=O) groups excluding carboxylic acids is 1. The molecule has 0 fully saturated rings. The van der Waals surface area contributed by atoms with Gasteiger partial charge in [-0.05, 0) is 24.3 Å². The maximum atomic E-state index is 13.6. The number of ether oxygens (including phenoxy) is 1. The second-order valence-corrected chi connectivity index (χ2v) is 6.28. The van der Waals surface area contributed by atoms with Crippen molar-refractivity contribution in [3.63, 3.8) is 0 Å². The lowest BCUT2D eigenvalue weighted by Gasteiger charge is -2.13. The summed E-state index contributed by atoms with van der Waals surface area (Å²) in [5, 5.41) is 2.55. The molecule has 122 valence electrons. The fraction of sp³-hybridized carbons (Fsp3) is 0.133. The molecule has 0 saturated heterocycles. The van der Waals surface area contributed by atoms with E-state index < -0.39 is 20.7 Å². The van der Waals surface area contributed by atoms with Crippen LogP contribution < -0.4 is 14.8 Å². The van der Waals surface area contributed by atoms with Gasteiger partial charge in [-0.1, -0.05) is 12.1 Å². The lowest BCUT2D eigenvalue weighted by Crippen LogP contribution is -2.15. The van der Waals surface area contributed by atoms with Gasteiger partial charge in [-0.25, -0.2) is 12.8 Å². The lowest BCUT2D eigenvalue weighted by molar-refractivity contribution is -0.114. The van der Waals surface area contributed by atoms with Crippen molar-refractivity contribution in [3.8, 4) is 5.75 Å². The number of carbonyl (C=O) groups is 1. The van der Waals surface area contributed by atoms with Crippen LogP contribution >= 0.6 is 0 Å². The minimum Gasteiger partial charge on any atom is -0.494 e. The summed E-state index contributed by atoms with van der Waals surface area (Å²) in [5.74, 6) is -0.862. The first-order valence-corrected chi connectivity index (χ1v) is 8.05. The zero-order valence-corrected chi connectivity index (χ0v) is 13.3. The van der Waals surface area contributed by atoms with Gasteiger partial charge in [-0.15, -0.1) is 0 Å². The summed E-state index contributed by atoms with van der Waals surface area (Å²) in [7, 11) is -2.69. The zero-order valence-electron chi connectivity index (χ0n) is 12.5. The molecule has 0 spiro atoms. The number of hydrogen-bond donors (Lipinski definition) is 2. The van der Waals surface area contributed by atoms with Crippen LogP contribution in [0.2, 0.25) is 0 Å². The van der Waals surface area contributed by atoms with E-state index in [2.05, 4.69) is 10.0 Å². The standard InChI is InChI=1S/C15H15FN2O4S/c1-10(19)17-13-8-7-11(9-14(13)22-2)18-23(20,21)15-6-4-3-5-12(15)16/h3-9,18H,1-2H3,(H,17,19).